The van der Waals surface area contributed by atoms with Gasteiger partial charge in [-0.1, -0.05) is 24.3 Å². The molecule has 0 aliphatic carbocycles. The molecule has 0 fully saturated rings. The van der Waals surface area contributed by atoms with Crippen molar-refractivity contribution >= 4 is 22.6 Å². The van der Waals surface area contributed by atoms with Crippen LogP contribution in [-0.2, 0) is 0 Å². The second kappa shape index (κ2) is 7.03. The van der Waals surface area contributed by atoms with Crippen LogP contribution in [0.4, 0.5) is 5.69 Å². The summed E-state index contributed by atoms with van der Waals surface area (Å²) in [5.41, 5.74) is 2.84. The van der Waals surface area contributed by atoms with E-state index in [1.807, 2.05) is 54.6 Å². The number of aromatic nitrogens is 2. The lowest BCUT2D eigenvalue weighted by molar-refractivity contribution is 0.102. The van der Waals surface area contributed by atoms with Crippen LogP contribution in [0.1, 0.15) is 10.4 Å². The average molecular weight is 341 g/mol. The molecule has 0 aliphatic rings. The lowest BCUT2D eigenvalue weighted by Crippen LogP contribution is -2.11. The maximum absolute atomic E-state index is 12.3. The molecule has 0 spiro atoms. The van der Waals surface area contributed by atoms with E-state index >= 15 is 0 Å². The number of rotatable bonds is 4. The molecule has 0 radical (unpaired) electrons. The van der Waals surface area contributed by atoms with Gasteiger partial charge in [-0.15, -0.1) is 0 Å². The largest absolute Gasteiger partial charge is 0.457 e. The summed E-state index contributed by atoms with van der Waals surface area (Å²) in [5.74, 6) is 1.12. The van der Waals surface area contributed by atoms with Crippen LogP contribution in [0, 0.1) is 0 Å². The standard InChI is InChI=1S/C21H15N3O2/c25-21(15-5-2-1-3-6-15)24-16-7-4-8-17(13-16)26-18-9-10-19-20(14-18)23-12-11-22-19/h1-14H,(H,24,25). The van der Waals surface area contributed by atoms with Gasteiger partial charge in [-0.2, -0.15) is 0 Å². The highest BCUT2D eigenvalue weighted by Crippen LogP contribution is 2.26. The number of nitrogens with zero attached hydrogens (tertiary/aromatic N) is 2. The summed E-state index contributed by atoms with van der Waals surface area (Å²) in [5, 5.41) is 2.87. The Hall–Kier alpha value is -3.73. The number of nitrogens with one attached hydrogen (secondary N) is 1. The summed E-state index contributed by atoms with van der Waals surface area (Å²) < 4.78 is 5.90. The Kier molecular flexibility index (Phi) is 4.26. The fourth-order valence-electron chi connectivity index (χ4n) is 2.57. The van der Waals surface area contributed by atoms with Gasteiger partial charge in [0.25, 0.3) is 5.91 Å². The van der Waals surface area contributed by atoms with Crippen LogP contribution in [0.15, 0.2) is 85.2 Å². The lowest BCUT2D eigenvalue weighted by Gasteiger charge is -2.09. The van der Waals surface area contributed by atoms with Crippen molar-refractivity contribution in [1.82, 2.24) is 9.97 Å². The Morgan fingerprint density at radius 1 is 0.769 bits per heavy atom. The summed E-state index contributed by atoms with van der Waals surface area (Å²) in [6.45, 7) is 0. The molecule has 0 aliphatic heterocycles. The molecule has 5 heteroatoms. The SMILES string of the molecule is O=C(Nc1cccc(Oc2ccc3nccnc3c2)c1)c1ccccc1. The molecule has 4 aromatic rings. The van der Waals surface area contributed by atoms with Gasteiger partial charge in [-0.3, -0.25) is 14.8 Å². The number of hydrogen-bond acceptors (Lipinski definition) is 4. The van der Waals surface area contributed by atoms with Crippen molar-refractivity contribution < 1.29 is 9.53 Å². The minimum Gasteiger partial charge on any atom is -0.457 e. The lowest BCUT2D eigenvalue weighted by atomic mass is 10.2. The van der Waals surface area contributed by atoms with E-state index < -0.39 is 0 Å². The topological polar surface area (TPSA) is 64.1 Å². The quantitative estimate of drug-likeness (QED) is 0.586. The third-order valence-electron chi connectivity index (χ3n) is 3.80. The predicted octanol–water partition coefficient (Wildman–Crippen LogP) is 4.67. The summed E-state index contributed by atoms with van der Waals surface area (Å²) >= 11 is 0. The van der Waals surface area contributed by atoms with E-state index in [0.717, 1.165) is 11.0 Å². The normalized spacial score (nSPS) is 10.5. The Morgan fingerprint density at radius 3 is 2.38 bits per heavy atom. The molecule has 126 valence electrons. The minimum atomic E-state index is -0.163. The number of carbonyl (C=O) groups is 1. The van der Waals surface area contributed by atoms with Gasteiger partial charge in [0.2, 0.25) is 0 Å². The maximum atomic E-state index is 12.3. The number of benzene rings is 3. The van der Waals surface area contributed by atoms with Crippen molar-refractivity contribution in [3.63, 3.8) is 0 Å². The number of anilines is 1. The first kappa shape index (κ1) is 15.8. The second-order valence-corrected chi connectivity index (χ2v) is 5.66. The molecule has 1 heterocycles. The van der Waals surface area contributed by atoms with Crippen molar-refractivity contribution in [2.75, 3.05) is 5.32 Å². The van der Waals surface area contributed by atoms with Crippen LogP contribution in [0.2, 0.25) is 0 Å². The number of hydrogen-bond donors (Lipinski definition) is 1. The smallest absolute Gasteiger partial charge is 0.255 e. The predicted molar refractivity (Wildman–Crippen MR) is 100 cm³/mol. The molecule has 0 saturated heterocycles. The van der Waals surface area contributed by atoms with Gasteiger partial charge >= 0.3 is 0 Å². The molecule has 1 amide bonds. The Bertz CT molecular complexity index is 1060. The van der Waals surface area contributed by atoms with Crippen molar-refractivity contribution in [3.8, 4) is 11.5 Å². The van der Waals surface area contributed by atoms with Gasteiger partial charge in [-0.25, -0.2) is 0 Å². The van der Waals surface area contributed by atoms with Gasteiger partial charge in [0.1, 0.15) is 11.5 Å². The number of ether oxygens (including phenoxy) is 1. The van der Waals surface area contributed by atoms with E-state index in [2.05, 4.69) is 15.3 Å². The molecule has 5 nitrogen and oxygen atoms in total. The monoisotopic (exact) mass is 341 g/mol. The fraction of sp³-hybridized carbons (Fsp3) is 0. The molecule has 1 aromatic heterocycles. The molecule has 0 saturated carbocycles. The number of carbonyl (C=O) groups excluding carboxylic acids is 1. The minimum absolute atomic E-state index is 0.163. The van der Waals surface area contributed by atoms with Gasteiger partial charge in [0.05, 0.1) is 11.0 Å². The number of fused-ring (bicyclic) bond motifs is 1. The first-order valence-corrected chi connectivity index (χ1v) is 8.13. The highest BCUT2D eigenvalue weighted by Gasteiger charge is 2.06. The van der Waals surface area contributed by atoms with E-state index in [4.69, 9.17) is 4.74 Å². The third kappa shape index (κ3) is 3.52. The van der Waals surface area contributed by atoms with Crippen molar-refractivity contribution in [2.45, 2.75) is 0 Å². The summed E-state index contributed by atoms with van der Waals surface area (Å²) in [7, 11) is 0. The summed E-state index contributed by atoms with van der Waals surface area (Å²) in [6.07, 6.45) is 3.30. The molecule has 0 unspecified atom stereocenters. The molecule has 0 atom stereocenters. The average Bonchev–Trinajstić information content (AvgIpc) is 2.69. The first-order valence-electron chi connectivity index (χ1n) is 8.13. The summed E-state index contributed by atoms with van der Waals surface area (Å²) in [4.78, 5) is 20.8. The van der Waals surface area contributed by atoms with Crippen LogP contribution < -0.4 is 10.1 Å². The van der Waals surface area contributed by atoms with Gasteiger partial charge in [0.15, 0.2) is 0 Å². The Labute approximate surface area is 150 Å². The van der Waals surface area contributed by atoms with Crippen LogP contribution in [-0.4, -0.2) is 15.9 Å². The van der Waals surface area contributed by atoms with Crippen molar-refractivity contribution in [3.05, 3.63) is 90.8 Å². The van der Waals surface area contributed by atoms with E-state index in [9.17, 15) is 4.79 Å². The maximum Gasteiger partial charge on any atom is 0.255 e. The van der Waals surface area contributed by atoms with Gasteiger partial charge in [0, 0.05) is 35.8 Å². The van der Waals surface area contributed by atoms with Crippen LogP contribution >= 0.6 is 0 Å². The molecule has 3 aromatic carbocycles. The zero-order valence-electron chi connectivity index (χ0n) is 13.8. The Morgan fingerprint density at radius 2 is 1.54 bits per heavy atom. The zero-order valence-corrected chi connectivity index (χ0v) is 13.8. The van der Waals surface area contributed by atoms with Crippen molar-refractivity contribution in [1.29, 1.82) is 0 Å². The second-order valence-electron chi connectivity index (χ2n) is 5.66. The highest BCUT2D eigenvalue weighted by atomic mass is 16.5. The first-order chi connectivity index (χ1) is 12.8. The molecular formula is C21H15N3O2. The van der Waals surface area contributed by atoms with Crippen LogP contribution in [0.25, 0.3) is 11.0 Å². The molecule has 26 heavy (non-hydrogen) atoms. The molecule has 4 rings (SSSR count). The third-order valence-corrected chi connectivity index (χ3v) is 3.80. The summed E-state index contributed by atoms with van der Waals surface area (Å²) in [6, 6.07) is 21.9. The highest BCUT2D eigenvalue weighted by molar-refractivity contribution is 6.04. The Balaban J connectivity index is 1.52. The van der Waals surface area contributed by atoms with Gasteiger partial charge in [-0.05, 0) is 36.4 Å². The molecule has 1 N–H and O–H groups in total. The molecular weight excluding hydrogens is 326 g/mol. The molecule has 0 bridgehead atoms. The zero-order chi connectivity index (χ0) is 17.8. The van der Waals surface area contributed by atoms with Crippen molar-refractivity contribution in [2.24, 2.45) is 0 Å². The van der Waals surface area contributed by atoms with Crippen LogP contribution in [0.5, 0.6) is 11.5 Å². The van der Waals surface area contributed by atoms with E-state index in [1.165, 1.54) is 0 Å². The van der Waals surface area contributed by atoms with Gasteiger partial charge < -0.3 is 10.1 Å². The number of amides is 1. The van der Waals surface area contributed by atoms with E-state index in [-0.39, 0.29) is 5.91 Å². The van der Waals surface area contributed by atoms with Crippen LogP contribution in [0.3, 0.4) is 0 Å². The van der Waals surface area contributed by atoms with E-state index in [1.54, 1.807) is 30.6 Å². The van der Waals surface area contributed by atoms with E-state index in [0.29, 0.717) is 22.7 Å². The fourth-order valence-corrected chi connectivity index (χ4v) is 2.57.